The molecule has 6 aromatic rings. The first kappa shape index (κ1) is 20.6. The van der Waals surface area contributed by atoms with Crippen LogP contribution in [0.15, 0.2) is 114 Å². The van der Waals surface area contributed by atoms with Crippen molar-refractivity contribution in [1.82, 2.24) is 9.97 Å². The van der Waals surface area contributed by atoms with Gasteiger partial charge < -0.3 is 14.7 Å². The minimum absolute atomic E-state index is 0.639. The highest BCUT2D eigenvalue weighted by Crippen LogP contribution is 2.52. The Morgan fingerprint density at radius 3 is 2.35 bits per heavy atom. The smallest absolute Gasteiger partial charge is 0.123 e. The molecule has 6 rings (SSSR count). The Morgan fingerprint density at radius 1 is 0.794 bits per heavy atom. The van der Waals surface area contributed by atoms with Gasteiger partial charge in [0, 0.05) is 39.6 Å². The molecule has 2 N–H and O–H groups in total. The summed E-state index contributed by atoms with van der Waals surface area (Å²) < 4.78 is 5.96. The van der Waals surface area contributed by atoms with E-state index in [1.807, 2.05) is 18.3 Å². The van der Waals surface area contributed by atoms with E-state index in [4.69, 9.17) is 4.74 Å². The van der Waals surface area contributed by atoms with Gasteiger partial charge in [-0.2, -0.15) is 11.3 Å². The Hall–Kier alpha value is -4.02. The van der Waals surface area contributed by atoms with Crippen LogP contribution in [0.5, 0.6) is 5.75 Å². The first-order valence-corrected chi connectivity index (χ1v) is 12.2. The van der Waals surface area contributed by atoms with E-state index in [0.717, 1.165) is 28.2 Å². The largest absolute Gasteiger partial charge is 0.496 e. The molecule has 0 saturated heterocycles. The number of methoxy groups -OCH3 is 1. The number of thiophene rings is 1. The third-order valence-electron chi connectivity index (χ3n) is 6.61. The molecular formula is C30H24N2OS. The number of ether oxygens (including phenoxy) is 1. The molecule has 0 bridgehead atoms. The summed E-state index contributed by atoms with van der Waals surface area (Å²) in [4.78, 5) is 7.43. The van der Waals surface area contributed by atoms with Crippen molar-refractivity contribution in [2.45, 2.75) is 5.41 Å². The van der Waals surface area contributed by atoms with Gasteiger partial charge in [0.05, 0.1) is 7.11 Å². The van der Waals surface area contributed by atoms with Gasteiger partial charge in [-0.1, -0.05) is 66.7 Å². The van der Waals surface area contributed by atoms with Crippen molar-refractivity contribution in [3.8, 4) is 16.9 Å². The number of aromatic nitrogens is 2. The third kappa shape index (κ3) is 3.03. The SMILES string of the molecule is COc1ccccc1[C@@](c1ccsc1)(c1ccc[nH]1)c1[nH]c2ccccc2c1-c1ccccc1. The van der Waals surface area contributed by atoms with E-state index < -0.39 is 5.41 Å². The summed E-state index contributed by atoms with van der Waals surface area (Å²) in [6.45, 7) is 0. The fraction of sp³-hybridized carbons (Fsp3) is 0.0667. The van der Waals surface area contributed by atoms with E-state index in [-0.39, 0.29) is 0 Å². The van der Waals surface area contributed by atoms with Gasteiger partial charge in [0.1, 0.15) is 11.2 Å². The summed E-state index contributed by atoms with van der Waals surface area (Å²) in [6, 6.07) is 34.0. The maximum absolute atomic E-state index is 5.96. The Morgan fingerprint density at radius 2 is 1.59 bits per heavy atom. The summed E-state index contributed by atoms with van der Waals surface area (Å²) in [5, 5.41) is 5.59. The molecule has 3 heterocycles. The van der Waals surface area contributed by atoms with Crippen LogP contribution in [0.4, 0.5) is 0 Å². The topological polar surface area (TPSA) is 40.8 Å². The third-order valence-corrected chi connectivity index (χ3v) is 7.29. The number of H-pyrrole nitrogens is 2. The first-order valence-electron chi connectivity index (χ1n) is 11.3. The van der Waals surface area contributed by atoms with Crippen LogP contribution >= 0.6 is 11.3 Å². The Labute approximate surface area is 202 Å². The fourth-order valence-electron chi connectivity index (χ4n) is 5.19. The highest BCUT2D eigenvalue weighted by atomic mass is 32.1. The summed E-state index contributed by atoms with van der Waals surface area (Å²) in [6.07, 6.45) is 2.00. The minimum atomic E-state index is -0.639. The second-order valence-corrected chi connectivity index (χ2v) is 9.11. The van der Waals surface area contributed by atoms with Crippen molar-refractivity contribution < 1.29 is 4.74 Å². The maximum atomic E-state index is 5.96. The lowest BCUT2D eigenvalue weighted by Gasteiger charge is -2.35. The molecule has 3 nitrogen and oxygen atoms in total. The summed E-state index contributed by atoms with van der Waals surface area (Å²) >= 11 is 1.71. The highest BCUT2D eigenvalue weighted by Gasteiger charge is 2.45. The molecule has 34 heavy (non-hydrogen) atoms. The molecule has 4 heteroatoms. The second-order valence-electron chi connectivity index (χ2n) is 8.33. The molecule has 0 saturated carbocycles. The molecule has 0 aliphatic rings. The number of fused-ring (bicyclic) bond motifs is 1. The zero-order valence-corrected chi connectivity index (χ0v) is 19.6. The molecule has 3 aromatic carbocycles. The molecule has 0 radical (unpaired) electrons. The lowest BCUT2D eigenvalue weighted by atomic mass is 9.68. The summed E-state index contributed by atoms with van der Waals surface area (Å²) in [5.74, 6) is 0.848. The van der Waals surface area contributed by atoms with E-state index in [9.17, 15) is 0 Å². The van der Waals surface area contributed by atoms with Crippen LogP contribution in [-0.2, 0) is 5.41 Å². The predicted molar refractivity (Wildman–Crippen MR) is 141 cm³/mol. The van der Waals surface area contributed by atoms with Gasteiger partial charge in [0.2, 0.25) is 0 Å². The van der Waals surface area contributed by atoms with Gasteiger partial charge in [0.25, 0.3) is 0 Å². The van der Waals surface area contributed by atoms with Crippen LogP contribution in [0.2, 0.25) is 0 Å². The molecular weight excluding hydrogens is 436 g/mol. The fourth-order valence-corrected chi connectivity index (χ4v) is 5.90. The number of rotatable bonds is 6. The van der Waals surface area contributed by atoms with Crippen LogP contribution in [0, 0.1) is 0 Å². The van der Waals surface area contributed by atoms with Gasteiger partial charge >= 0.3 is 0 Å². The number of nitrogens with one attached hydrogen (secondary N) is 2. The van der Waals surface area contributed by atoms with Crippen LogP contribution in [0.3, 0.4) is 0 Å². The van der Waals surface area contributed by atoms with Gasteiger partial charge in [-0.15, -0.1) is 0 Å². The van der Waals surface area contributed by atoms with Crippen molar-refractivity contribution in [2.24, 2.45) is 0 Å². The molecule has 166 valence electrons. The van der Waals surface area contributed by atoms with Crippen LogP contribution in [0.25, 0.3) is 22.0 Å². The minimum Gasteiger partial charge on any atom is -0.496 e. The number of aromatic amines is 2. The van der Waals surface area contributed by atoms with E-state index >= 15 is 0 Å². The first-order chi connectivity index (χ1) is 16.8. The van der Waals surface area contributed by atoms with E-state index in [2.05, 4.69) is 106 Å². The molecule has 3 aromatic heterocycles. The second kappa shape index (κ2) is 8.40. The lowest BCUT2D eigenvalue weighted by molar-refractivity contribution is 0.404. The Kier molecular flexibility index (Phi) is 5.08. The standard InChI is InChI=1S/C30H24N2OS/c1-33-26-15-8-6-13-24(26)30(22-17-19-34-20-22,27-16-9-18-31-27)29-28(21-10-3-2-4-11-21)23-12-5-7-14-25(23)32-29/h2-20,31-32H,1H3/t30-/m0/s1. The van der Waals surface area contributed by atoms with Gasteiger partial charge in [-0.3, -0.25) is 0 Å². The zero-order chi connectivity index (χ0) is 23.0. The maximum Gasteiger partial charge on any atom is 0.123 e. The van der Waals surface area contributed by atoms with Gasteiger partial charge in [0.15, 0.2) is 0 Å². The van der Waals surface area contributed by atoms with Gasteiger partial charge in [-0.25, -0.2) is 0 Å². The van der Waals surface area contributed by atoms with Crippen LogP contribution in [0.1, 0.15) is 22.5 Å². The van der Waals surface area contributed by atoms with E-state index in [0.29, 0.717) is 0 Å². The molecule has 0 amide bonds. The number of para-hydroxylation sites is 2. The van der Waals surface area contributed by atoms with Crippen molar-refractivity contribution in [1.29, 1.82) is 0 Å². The summed E-state index contributed by atoms with van der Waals surface area (Å²) in [7, 11) is 1.75. The number of hydrogen-bond acceptors (Lipinski definition) is 2. The van der Waals surface area contributed by atoms with Crippen molar-refractivity contribution in [3.05, 3.63) is 137 Å². The lowest BCUT2D eigenvalue weighted by Crippen LogP contribution is -2.32. The van der Waals surface area contributed by atoms with Gasteiger partial charge in [-0.05, 0) is 52.2 Å². The van der Waals surface area contributed by atoms with Crippen molar-refractivity contribution in [3.63, 3.8) is 0 Å². The van der Waals surface area contributed by atoms with Crippen molar-refractivity contribution >= 4 is 22.2 Å². The van der Waals surface area contributed by atoms with E-state index in [1.165, 1.54) is 22.1 Å². The molecule has 1 atom stereocenters. The van der Waals surface area contributed by atoms with Crippen LogP contribution in [-0.4, -0.2) is 17.1 Å². The molecule has 0 aliphatic carbocycles. The normalized spacial score (nSPS) is 13.1. The highest BCUT2D eigenvalue weighted by molar-refractivity contribution is 7.08. The number of hydrogen-bond donors (Lipinski definition) is 2. The average Bonchev–Trinajstić information content (AvgIpc) is 3.67. The molecule has 0 aliphatic heterocycles. The van der Waals surface area contributed by atoms with Crippen molar-refractivity contribution in [2.75, 3.05) is 7.11 Å². The van der Waals surface area contributed by atoms with E-state index in [1.54, 1.807) is 18.4 Å². The average molecular weight is 461 g/mol. The quantitative estimate of drug-likeness (QED) is 0.264. The zero-order valence-electron chi connectivity index (χ0n) is 18.8. The summed E-state index contributed by atoms with van der Waals surface area (Å²) in [5.41, 5.74) is 7.32. The Bertz CT molecular complexity index is 1500. The van der Waals surface area contributed by atoms with Crippen LogP contribution < -0.4 is 4.74 Å². The monoisotopic (exact) mass is 460 g/mol. The number of benzene rings is 3. The molecule has 0 spiro atoms. The molecule has 0 fully saturated rings. The molecule has 0 unspecified atom stereocenters. The Balaban J connectivity index is 1.83. The predicted octanol–water partition coefficient (Wildman–Crippen LogP) is 7.62.